The number of phenols is 2. The number of benzene rings is 2. The SMILES string of the molecule is Cn1nccc1/N=N/c1c(O)c(O)cc2ccccc12. The quantitative estimate of drug-likeness (QED) is 0.552. The van der Waals surface area contributed by atoms with Gasteiger partial charge in [0, 0.05) is 18.5 Å². The first-order chi connectivity index (χ1) is 9.66. The molecule has 0 aliphatic heterocycles. The van der Waals surface area contributed by atoms with Crippen molar-refractivity contribution in [1.29, 1.82) is 0 Å². The number of aryl methyl sites for hydroxylation is 1. The molecule has 1 aromatic heterocycles. The van der Waals surface area contributed by atoms with Crippen LogP contribution in [0.1, 0.15) is 0 Å². The van der Waals surface area contributed by atoms with Gasteiger partial charge in [-0.2, -0.15) is 5.10 Å². The van der Waals surface area contributed by atoms with E-state index < -0.39 is 0 Å². The van der Waals surface area contributed by atoms with Crippen LogP contribution in [0.5, 0.6) is 11.5 Å². The van der Waals surface area contributed by atoms with Crippen molar-refractivity contribution in [3.8, 4) is 11.5 Å². The highest BCUT2D eigenvalue weighted by Crippen LogP contribution is 2.42. The summed E-state index contributed by atoms with van der Waals surface area (Å²) < 4.78 is 1.56. The Bertz CT molecular complexity index is 808. The summed E-state index contributed by atoms with van der Waals surface area (Å²) >= 11 is 0. The molecule has 2 N–H and O–H groups in total. The number of rotatable bonds is 2. The molecule has 3 rings (SSSR count). The van der Waals surface area contributed by atoms with Gasteiger partial charge in [-0.25, -0.2) is 4.68 Å². The van der Waals surface area contributed by atoms with Crippen LogP contribution >= 0.6 is 0 Å². The highest BCUT2D eigenvalue weighted by atomic mass is 16.3. The average Bonchev–Trinajstić information content (AvgIpc) is 2.85. The summed E-state index contributed by atoms with van der Waals surface area (Å²) in [5, 5.41) is 33.3. The van der Waals surface area contributed by atoms with Crippen LogP contribution in [0.3, 0.4) is 0 Å². The number of phenolic OH excluding ortho intramolecular Hbond substituents is 2. The minimum Gasteiger partial charge on any atom is -0.504 e. The number of aromatic hydroxyl groups is 2. The van der Waals surface area contributed by atoms with Gasteiger partial charge in [0.05, 0.1) is 6.20 Å². The molecule has 0 atom stereocenters. The number of hydrogen-bond acceptors (Lipinski definition) is 5. The van der Waals surface area contributed by atoms with E-state index in [9.17, 15) is 10.2 Å². The van der Waals surface area contributed by atoms with Crippen LogP contribution in [0.25, 0.3) is 10.8 Å². The lowest BCUT2D eigenvalue weighted by Crippen LogP contribution is -1.87. The van der Waals surface area contributed by atoms with Crippen LogP contribution < -0.4 is 0 Å². The normalized spacial score (nSPS) is 11.4. The van der Waals surface area contributed by atoms with Gasteiger partial charge < -0.3 is 10.2 Å². The number of fused-ring (bicyclic) bond motifs is 1. The van der Waals surface area contributed by atoms with E-state index in [0.717, 1.165) is 5.39 Å². The third kappa shape index (κ3) is 1.97. The van der Waals surface area contributed by atoms with Gasteiger partial charge in [0.25, 0.3) is 0 Å². The van der Waals surface area contributed by atoms with E-state index in [1.54, 1.807) is 24.0 Å². The smallest absolute Gasteiger partial charge is 0.186 e. The molecule has 0 aliphatic rings. The lowest BCUT2D eigenvalue weighted by Gasteiger charge is -2.06. The van der Waals surface area contributed by atoms with Crippen molar-refractivity contribution in [3.63, 3.8) is 0 Å². The van der Waals surface area contributed by atoms with Crippen LogP contribution in [0.4, 0.5) is 11.5 Å². The first kappa shape index (κ1) is 12.2. The summed E-state index contributed by atoms with van der Waals surface area (Å²) in [6.07, 6.45) is 1.61. The van der Waals surface area contributed by atoms with Crippen molar-refractivity contribution in [3.05, 3.63) is 42.6 Å². The Morgan fingerprint density at radius 2 is 1.90 bits per heavy atom. The molecule has 6 heteroatoms. The molecule has 0 bridgehead atoms. The maximum absolute atomic E-state index is 9.97. The second-order valence-electron chi connectivity index (χ2n) is 4.33. The average molecular weight is 268 g/mol. The monoisotopic (exact) mass is 268 g/mol. The lowest BCUT2D eigenvalue weighted by molar-refractivity contribution is 0.406. The van der Waals surface area contributed by atoms with Crippen LogP contribution in [0, 0.1) is 0 Å². The summed E-state index contributed by atoms with van der Waals surface area (Å²) in [7, 11) is 1.74. The van der Waals surface area contributed by atoms with Gasteiger partial charge in [0.2, 0.25) is 0 Å². The summed E-state index contributed by atoms with van der Waals surface area (Å²) in [6.45, 7) is 0. The minimum absolute atomic E-state index is 0.220. The number of hydrogen-bond donors (Lipinski definition) is 2. The van der Waals surface area contributed by atoms with Crippen LogP contribution in [-0.4, -0.2) is 20.0 Å². The van der Waals surface area contributed by atoms with Crippen molar-refractivity contribution in [2.45, 2.75) is 0 Å². The fourth-order valence-corrected chi connectivity index (χ4v) is 1.97. The molecule has 1 heterocycles. The summed E-state index contributed by atoms with van der Waals surface area (Å²) in [5.41, 5.74) is 0.238. The zero-order valence-corrected chi connectivity index (χ0v) is 10.7. The summed E-state index contributed by atoms with van der Waals surface area (Å²) in [6, 6.07) is 10.5. The van der Waals surface area contributed by atoms with Crippen LogP contribution in [0.15, 0.2) is 52.8 Å². The van der Waals surface area contributed by atoms with E-state index in [0.29, 0.717) is 11.2 Å². The molecule has 100 valence electrons. The molecule has 0 saturated carbocycles. The summed E-state index contributed by atoms with van der Waals surface area (Å²) in [5.74, 6) is 0.0501. The highest BCUT2D eigenvalue weighted by molar-refractivity contribution is 5.97. The molecule has 0 radical (unpaired) electrons. The van der Waals surface area contributed by atoms with E-state index in [1.807, 2.05) is 24.3 Å². The molecule has 0 fully saturated rings. The van der Waals surface area contributed by atoms with E-state index >= 15 is 0 Å². The zero-order valence-electron chi connectivity index (χ0n) is 10.7. The molecule has 6 nitrogen and oxygen atoms in total. The Labute approximate surface area is 114 Å². The predicted molar refractivity (Wildman–Crippen MR) is 74.7 cm³/mol. The Morgan fingerprint density at radius 1 is 1.10 bits per heavy atom. The van der Waals surface area contributed by atoms with E-state index in [4.69, 9.17) is 0 Å². The minimum atomic E-state index is -0.283. The standard InChI is InChI=1S/C14H12N4O2/c1-18-12(6-7-15-18)16-17-13-10-5-3-2-4-9(10)8-11(19)14(13)20/h2-8,19-20H,1H3/b17-16+. The number of azo groups is 1. The number of aromatic nitrogens is 2. The number of nitrogens with zero attached hydrogens (tertiary/aromatic N) is 4. The Balaban J connectivity index is 2.18. The van der Waals surface area contributed by atoms with Crippen LogP contribution in [-0.2, 0) is 7.05 Å². The van der Waals surface area contributed by atoms with Crippen molar-refractivity contribution in [2.24, 2.45) is 17.3 Å². The van der Waals surface area contributed by atoms with Crippen molar-refractivity contribution in [2.75, 3.05) is 0 Å². The van der Waals surface area contributed by atoms with E-state index in [1.165, 1.54) is 6.07 Å². The Hall–Kier alpha value is -2.89. The first-order valence-corrected chi connectivity index (χ1v) is 6.00. The lowest BCUT2D eigenvalue weighted by atomic mass is 10.1. The molecule has 0 saturated heterocycles. The molecule has 20 heavy (non-hydrogen) atoms. The fourth-order valence-electron chi connectivity index (χ4n) is 1.97. The maximum Gasteiger partial charge on any atom is 0.186 e. The van der Waals surface area contributed by atoms with Crippen molar-refractivity contribution < 1.29 is 10.2 Å². The molecular formula is C14H12N4O2. The predicted octanol–water partition coefficient (Wildman–Crippen LogP) is 3.40. The molecular weight excluding hydrogens is 256 g/mol. The summed E-state index contributed by atoms with van der Waals surface area (Å²) in [4.78, 5) is 0. The van der Waals surface area contributed by atoms with Gasteiger partial charge in [0.15, 0.2) is 17.3 Å². The van der Waals surface area contributed by atoms with Gasteiger partial charge in [-0.15, -0.1) is 10.2 Å². The van der Waals surface area contributed by atoms with Gasteiger partial charge in [0.1, 0.15) is 5.69 Å². The second-order valence-corrected chi connectivity index (χ2v) is 4.33. The molecule has 3 aromatic rings. The highest BCUT2D eigenvalue weighted by Gasteiger charge is 2.11. The topological polar surface area (TPSA) is 83.0 Å². The van der Waals surface area contributed by atoms with Gasteiger partial charge >= 0.3 is 0 Å². The fraction of sp³-hybridized carbons (Fsp3) is 0.0714. The third-order valence-corrected chi connectivity index (χ3v) is 3.02. The van der Waals surface area contributed by atoms with E-state index in [-0.39, 0.29) is 17.2 Å². The Morgan fingerprint density at radius 3 is 2.65 bits per heavy atom. The largest absolute Gasteiger partial charge is 0.504 e. The van der Waals surface area contributed by atoms with Crippen LogP contribution in [0.2, 0.25) is 0 Å². The first-order valence-electron chi connectivity index (χ1n) is 6.00. The molecule has 0 amide bonds. The van der Waals surface area contributed by atoms with Gasteiger partial charge in [-0.1, -0.05) is 24.3 Å². The molecule has 0 aliphatic carbocycles. The van der Waals surface area contributed by atoms with Gasteiger partial charge in [-0.3, -0.25) is 0 Å². The molecule has 0 unspecified atom stereocenters. The third-order valence-electron chi connectivity index (χ3n) is 3.02. The second kappa shape index (κ2) is 4.65. The van der Waals surface area contributed by atoms with Gasteiger partial charge in [-0.05, 0) is 11.5 Å². The maximum atomic E-state index is 9.97. The van der Waals surface area contributed by atoms with Crippen molar-refractivity contribution >= 4 is 22.3 Å². The zero-order chi connectivity index (χ0) is 14.1. The molecule has 0 spiro atoms. The Kier molecular flexibility index (Phi) is 2.83. The molecule has 2 aromatic carbocycles. The van der Waals surface area contributed by atoms with E-state index in [2.05, 4.69) is 15.3 Å². The van der Waals surface area contributed by atoms with Crippen molar-refractivity contribution in [1.82, 2.24) is 9.78 Å².